The summed E-state index contributed by atoms with van der Waals surface area (Å²) in [6.07, 6.45) is 2.62. The Morgan fingerprint density at radius 1 is 1.00 bits per heavy atom. The number of benzene rings is 1. The fraction of sp³-hybridized carbons (Fsp3) is 0.0769. The van der Waals surface area contributed by atoms with Gasteiger partial charge in [-0.25, -0.2) is 8.42 Å². The second-order valence-electron chi connectivity index (χ2n) is 4.20. The molecule has 0 unspecified atom stereocenters. The highest BCUT2D eigenvalue weighted by molar-refractivity contribution is 7.90. The zero-order chi connectivity index (χ0) is 14.2. The van der Waals surface area contributed by atoms with Gasteiger partial charge in [-0.05, 0) is 24.3 Å². The molecule has 0 fully saturated rings. The third-order valence-electron chi connectivity index (χ3n) is 2.66. The molecule has 7 heteroatoms. The van der Waals surface area contributed by atoms with Crippen LogP contribution in [0.5, 0.6) is 0 Å². The number of rotatable bonds is 3. The van der Waals surface area contributed by atoms with Gasteiger partial charge in [-0.3, -0.25) is 0 Å². The van der Waals surface area contributed by atoms with Gasteiger partial charge in [0.2, 0.25) is 15.7 Å². The molecule has 2 aromatic heterocycles. The summed E-state index contributed by atoms with van der Waals surface area (Å²) in [5, 5.41) is 6.85. The molecule has 6 nitrogen and oxygen atoms in total. The summed E-state index contributed by atoms with van der Waals surface area (Å²) in [5.41, 5.74) is 1.55. The van der Waals surface area contributed by atoms with Gasteiger partial charge in [-0.1, -0.05) is 17.2 Å². The van der Waals surface area contributed by atoms with E-state index in [4.69, 9.17) is 8.83 Å². The average Bonchev–Trinajstić information content (AvgIpc) is 3.10. The first-order valence-electron chi connectivity index (χ1n) is 5.72. The lowest BCUT2D eigenvalue weighted by atomic mass is 10.1. The summed E-state index contributed by atoms with van der Waals surface area (Å²) >= 11 is 0. The predicted octanol–water partition coefficient (Wildman–Crippen LogP) is 2.40. The zero-order valence-electron chi connectivity index (χ0n) is 10.5. The van der Waals surface area contributed by atoms with Gasteiger partial charge in [0, 0.05) is 17.4 Å². The van der Waals surface area contributed by atoms with E-state index in [0.717, 1.165) is 17.6 Å². The van der Waals surface area contributed by atoms with E-state index in [-0.39, 0.29) is 11.1 Å². The average molecular weight is 290 g/mol. The summed E-state index contributed by atoms with van der Waals surface area (Å²) in [5.74, 6) is 0.912. The van der Waals surface area contributed by atoms with E-state index in [9.17, 15) is 8.42 Å². The van der Waals surface area contributed by atoms with Crippen LogP contribution < -0.4 is 0 Å². The van der Waals surface area contributed by atoms with Gasteiger partial charge in [-0.2, -0.15) is 0 Å². The van der Waals surface area contributed by atoms with Crippen LogP contribution in [-0.2, 0) is 9.84 Å². The monoisotopic (exact) mass is 290 g/mol. The Morgan fingerprint density at radius 2 is 1.70 bits per heavy atom. The van der Waals surface area contributed by atoms with Crippen molar-refractivity contribution in [2.75, 3.05) is 6.26 Å². The first-order chi connectivity index (χ1) is 9.54. The highest BCUT2D eigenvalue weighted by Gasteiger charge is 2.17. The maximum atomic E-state index is 11.3. The second kappa shape index (κ2) is 4.61. The lowest BCUT2D eigenvalue weighted by Crippen LogP contribution is -1.96. The van der Waals surface area contributed by atoms with Gasteiger partial charge in [0.1, 0.15) is 5.76 Å². The van der Waals surface area contributed by atoms with Crippen molar-refractivity contribution < 1.29 is 17.3 Å². The Kier molecular flexibility index (Phi) is 2.90. The molecule has 3 rings (SSSR count). The molecule has 0 saturated heterocycles. The molecule has 102 valence electrons. The summed E-state index contributed by atoms with van der Waals surface area (Å²) in [4.78, 5) is 0. The summed E-state index contributed by atoms with van der Waals surface area (Å²) in [6.45, 7) is 0. The molecule has 0 aliphatic carbocycles. The van der Waals surface area contributed by atoms with Crippen molar-refractivity contribution in [3.8, 4) is 22.8 Å². The van der Waals surface area contributed by atoms with E-state index in [1.165, 1.54) is 0 Å². The van der Waals surface area contributed by atoms with Gasteiger partial charge >= 0.3 is 5.22 Å². The second-order valence-corrected chi connectivity index (χ2v) is 6.09. The Bertz CT molecular complexity index is 818. The van der Waals surface area contributed by atoms with Crippen LogP contribution in [-0.4, -0.2) is 24.9 Å². The van der Waals surface area contributed by atoms with Gasteiger partial charge in [0.15, 0.2) is 0 Å². The van der Waals surface area contributed by atoms with Crippen molar-refractivity contribution in [2.24, 2.45) is 0 Å². The molecule has 0 atom stereocenters. The highest BCUT2D eigenvalue weighted by Crippen LogP contribution is 2.25. The number of aromatic nitrogens is 2. The van der Waals surface area contributed by atoms with Crippen LogP contribution in [0.3, 0.4) is 0 Å². The standard InChI is InChI=1S/C13H10N2O4S/c1-20(16,17)13-15-14-12(19-13)10-6-4-9(5-7-10)11-3-2-8-18-11/h2-8H,1H3. The van der Waals surface area contributed by atoms with Gasteiger partial charge < -0.3 is 8.83 Å². The normalized spacial score (nSPS) is 11.7. The molecule has 20 heavy (non-hydrogen) atoms. The number of sulfone groups is 1. The molecule has 0 aliphatic heterocycles. The molecule has 0 saturated carbocycles. The Hall–Kier alpha value is -2.41. The third kappa shape index (κ3) is 2.35. The molecular formula is C13H10N2O4S. The van der Waals surface area contributed by atoms with E-state index in [0.29, 0.717) is 5.56 Å². The molecule has 0 spiro atoms. The van der Waals surface area contributed by atoms with Crippen LogP contribution in [0.4, 0.5) is 0 Å². The summed E-state index contributed by atoms with van der Waals surface area (Å²) < 4.78 is 33.0. The highest BCUT2D eigenvalue weighted by atomic mass is 32.2. The molecule has 1 aromatic carbocycles. The maximum Gasteiger partial charge on any atom is 0.335 e. The minimum atomic E-state index is -3.49. The number of hydrogen-bond acceptors (Lipinski definition) is 6. The van der Waals surface area contributed by atoms with Gasteiger partial charge in [0.05, 0.1) is 6.26 Å². The van der Waals surface area contributed by atoms with Crippen molar-refractivity contribution in [3.05, 3.63) is 42.7 Å². The molecule has 0 amide bonds. The van der Waals surface area contributed by atoms with Crippen molar-refractivity contribution in [3.63, 3.8) is 0 Å². The maximum absolute atomic E-state index is 11.3. The minimum Gasteiger partial charge on any atom is -0.464 e. The summed E-state index contributed by atoms with van der Waals surface area (Å²) in [6, 6.07) is 10.8. The first kappa shape index (κ1) is 12.6. The van der Waals surface area contributed by atoms with Gasteiger partial charge in [-0.15, -0.1) is 5.10 Å². The Morgan fingerprint density at radius 3 is 2.25 bits per heavy atom. The fourth-order valence-electron chi connectivity index (χ4n) is 1.70. The number of furan rings is 1. The van der Waals surface area contributed by atoms with Crippen LogP contribution in [0.2, 0.25) is 0 Å². The van der Waals surface area contributed by atoms with Crippen LogP contribution in [0.25, 0.3) is 22.8 Å². The van der Waals surface area contributed by atoms with Crippen molar-refractivity contribution >= 4 is 9.84 Å². The summed E-state index contributed by atoms with van der Waals surface area (Å²) in [7, 11) is -3.49. The third-order valence-corrected chi connectivity index (χ3v) is 3.46. The van der Waals surface area contributed by atoms with E-state index >= 15 is 0 Å². The SMILES string of the molecule is CS(=O)(=O)c1nnc(-c2ccc(-c3ccco3)cc2)o1. The lowest BCUT2D eigenvalue weighted by molar-refractivity contribution is 0.442. The molecule has 0 aliphatic rings. The van der Waals surface area contributed by atoms with E-state index in [2.05, 4.69) is 10.2 Å². The Labute approximate surface area is 115 Å². The predicted molar refractivity (Wildman–Crippen MR) is 70.5 cm³/mol. The van der Waals surface area contributed by atoms with Crippen LogP contribution in [0.15, 0.2) is 56.7 Å². The largest absolute Gasteiger partial charge is 0.464 e. The minimum absolute atomic E-state index is 0.163. The molecule has 3 aromatic rings. The van der Waals surface area contributed by atoms with Crippen molar-refractivity contribution in [2.45, 2.75) is 5.22 Å². The van der Waals surface area contributed by atoms with Crippen LogP contribution in [0, 0.1) is 0 Å². The van der Waals surface area contributed by atoms with Crippen molar-refractivity contribution in [1.82, 2.24) is 10.2 Å². The van der Waals surface area contributed by atoms with E-state index in [1.807, 2.05) is 18.2 Å². The number of hydrogen-bond donors (Lipinski definition) is 0. The van der Waals surface area contributed by atoms with E-state index in [1.54, 1.807) is 24.5 Å². The molecule has 0 radical (unpaired) electrons. The zero-order valence-corrected chi connectivity index (χ0v) is 11.3. The molecule has 0 bridgehead atoms. The lowest BCUT2D eigenvalue weighted by Gasteiger charge is -1.98. The number of nitrogens with zero attached hydrogens (tertiary/aromatic N) is 2. The molecular weight excluding hydrogens is 280 g/mol. The fourth-order valence-corrected chi connectivity index (χ4v) is 2.12. The van der Waals surface area contributed by atoms with Crippen LogP contribution >= 0.6 is 0 Å². The Balaban J connectivity index is 1.94. The van der Waals surface area contributed by atoms with Gasteiger partial charge in [0.25, 0.3) is 0 Å². The molecule has 2 heterocycles. The van der Waals surface area contributed by atoms with Crippen molar-refractivity contribution in [1.29, 1.82) is 0 Å². The first-order valence-corrected chi connectivity index (χ1v) is 7.61. The topological polar surface area (TPSA) is 86.2 Å². The van der Waals surface area contributed by atoms with Crippen LogP contribution in [0.1, 0.15) is 0 Å². The smallest absolute Gasteiger partial charge is 0.335 e. The molecule has 0 N–H and O–H groups in total. The quantitative estimate of drug-likeness (QED) is 0.736. The van der Waals surface area contributed by atoms with E-state index < -0.39 is 9.84 Å².